The van der Waals surface area contributed by atoms with Gasteiger partial charge in [-0.05, 0) is 26.7 Å². The Hall–Kier alpha value is -1.56. The first kappa shape index (κ1) is 17.5. The van der Waals surface area contributed by atoms with Crippen molar-refractivity contribution in [1.29, 1.82) is 0 Å². The van der Waals surface area contributed by atoms with Crippen LogP contribution in [0.4, 0.5) is 4.79 Å². The number of carbonyl (C=O) groups excluding carboxylic acids is 1. The quantitative estimate of drug-likeness (QED) is 0.807. The van der Waals surface area contributed by atoms with Crippen LogP contribution in [0, 0.1) is 13.8 Å². The lowest BCUT2D eigenvalue weighted by molar-refractivity contribution is 0.173. The predicted octanol–water partition coefficient (Wildman–Crippen LogP) is 1.90. The van der Waals surface area contributed by atoms with E-state index in [0.29, 0.717) is 13.1 Å². The van der Waals surface area contributed by atoms with Gasteiger partial charge in [0.15, 0.2) is 0 Å². The molecule has 0 spiro atoms. The second-order valence-corrected chi connectivity index (χ2v) is 5.33. The van der Waals surface area contributed by atoms with E-state index in [9.17, 15) is 4.79 Å². The summed E-state index contributed by atoms with van der Waals surface area (Å²) in [6.45, 7) is 9.04. The van der Waals surface area contributed by atoms with Crippen LogP contribution in [-0.4, -0.2) is 45.5 Å². The van der Waals surface area contributed by atoms with Crippen molar-refractivity contribution in [2.45, 2.75) is 46.6 Å². The molecule has 1 aromatic rings. The highest BCUT2D eigenvalue weighted by molar-refractivity contribution is 5.74. The Morgan fingerprint density at radius 2 is 2.05 bits per heavy atom. The average molecular weight is 296 g/mol. The molecule has 0 saturated carbocycles. The number of aliphatic hydroxyl groups excluding tert-OH is 1. The standard InChI is InChI=1S/C15H28N4O2/c1-6-8-19(9-10-20)15(21)16-13(7-2)14-11(3)17-18(5)12(14)4/h13,20H,6-10H2,1-5H3,(H,16,21). The highest BCUT2D eigenvalue weighted by Gasteiger charge is 2.22. The molecular weight excluding hydrogens is 268 g/mol. The zero-order valence-electron chi connectivity index (χ0n) is 13.8. The third-order valence-corrected chi connectivity index (χ3v) is 3.77. The maximum Gasteiger partial charge on any atom is 0.317 e. The number of aryl methyl sites for hydroxylation is 2. The lowest BCUT2D eigenvalue weighted by Gasteiger charge is -2.25. The van der Waals surface area contributed by atoms with Gasteiger partial charge in [0.05, 0.1) is 18.3 Å². The van der Waals surface area contributed by atoms with Gasteiger partial charge in [0, 0.05) is 31.4 Å². The molecule has 120 valence electrons. The van der Waals surface area contributed by atoms with Crippen molar-refractivity contribution in [2.24, 2.45) is 7.05 Å². The molecule has 6 heteroatoms. The predicted molar refractivity (Wildman–Crippen MR) is 83.2 cm³/mol. The van der Waals surface area contributed by atoms with Crippen molar-refractivity contribution in [3.05, 3.63) is 17.0 Å². The Labute approximate surface area is 127 Å². The number of hydrogen-bond acceptors (Lipinski definition) is 3. The van der Waals surface area contributed by atoms with Gasteiger partial charge in [-0.1, -0.05) is 13.8 Å². The molecule has 0 saturated heterocycles. The fourth-order valence-electron chi connectivity index (χ4n) is 2.62. The molecule has 6 nitrogen and oxygen atoms in total. The number of urea groups is 1. The summed E-state index contributed by atoms with van der Waals surface area (Å²) < 4.78 is 1.84. The first-order valence-corrected chi connectivity index (χ1v) is 7.62. The van der Waals surface area contributed by atoms with Crippen LogP contribution < -0.4 is 5.32 Å². The Balaban J connectivity index is 2.88. The number of amides is 2. The van der Waals surface area contributed by atoms with Gasteiger partial charge in [0.25, 0.3) is 0 Å². The first-order valence-electron chi connectivity index (χ1n) is 7.62. The van der Waals surface area contributed by atoms with Crippen molar-refractivity contribution in [3.8, 4) is 0 Å². The van der Waals surface area contributed by atoms with E-state index in [1.54, 1.807) is 4.90 Å². The van der Waals surface area contributed by atoms with E-state index in [1.165, 1.54) is 0 Å². The molecule has 0 aliphatic heterocycles. The molecule has 0 aliphatic carbocycles. The van der Waals surface area contributed by atoms with E-state index in [2.05, 4.69) is 10.4 Å². The lowest BCUT2D eigenvalue weighted by Crippen LogP contribution is -2.43. The number of hydrogen-bond donors (Lipinski definition) is 2. The molecule has 0 radical (unpaired) electrons. The maximum absolute atomic E-state index is 12.4. The summed E-state index contributed by atoms with van der Waals surface area (Å²) >= 11 is 0. The van der Waals surface area contributed by atoms with Crippen LogP contribution in [0.25, 0.3) is 0 Å². The topological polar surface area (TPSA) is 70.4 Å². The fourth-order valence-corrected chi connectivity index (χ4v) is 2.62. The third-order valence-electron chi connectivity index (χ3n) is 3.77. The number of aliphatic hydroxyl groups is 1. The van der Waals surface area contributed by atoms with Gasteiger partial charge in [-0.15, -0.1) is 0 Å². The molecule has 0 aliphatic rings. The van der Waals surface area contributed by atoms with Crippen LogP contribution in [0.15, 0.2) is 0 Å². The van der Waals surface area contributed by atoms with Crippen LogP contribution in [0.3, 0.4) is 0 Å². The highest BCUT2D eigenvalue weighted by Crippen LogP contribution is 2.23. The molecule has 0 aromatic carbocycles. The van der Waals surface area contributed by atoms with Crippen molar-refractivity contribution in [2.75, 3.05) is 19.7 Å². The van der Waals surface area contributed by atoms with Crippen molar-refractivity contribution >= 4 is 6.03 Å². The van der Waals surface area contributed by atoms with Gasteiger partial charge in [-0.3, -0.25) is 4.68 Å². The molecule has 1 heterocycles. The first-order chi connectivity index (χ1) is 9.96. The Morgan fingerprint density at radius 3 is 2.48 bits per heavy atom. The molecule has 1 unspecified atom stereocenters. The van der Waals surface area contributed by atoms with Gasteiger partial charge < -0.3 is 15.3 Å². The highest BCUT2D eigenvalue weighted by atomic mass is 16.3. The summed E-state index contributed by atoms with van der Waals surface area (Å²) in [5.41, 5.74) is 3.11. The summed E-state index contributed by atoms with van der Waals surface area (Å²) in [5.74, 6) is 0. The fraction of sp³-hybridized carbons (Fsp3) is 0.733. The number of aromatic nitrogens is 2. The molecule has 0 bridgehead atoms. The molecule has 2 N–H and O–H groups in total. The van der Waals surface area contributed by atoms with E-state index in [0.717, 1.165) is 29.8 Å². The molecule has 2 amide bonds. The smallest absolute Gasteiger partial charge is 0.317 e. The number of carbonyl (C=O) groups is 1. The molecule has 1 rings (SSSR count). The van der Waals surface area contributed by atoms with Gasteiger partial charge in [-0.2, -0.15) is 5.10 Å². The van der Waals surface area contributed by atoms with Gasteiger partial charge >= 0.3 is 6.03 Å². The van der Waals surface area contributed by atoms with Crippen LogP contribution in [0.1, 0.15) is 49.7 Å². The monoisotopic (exact) mass is 296 g/mol. The van der Waals surface area contributed by atoms with E-state index >= 15 is 0 Å². The molecular formula is C15H28N4O2. The van der Waals surface area contributed by atoms with E-state index in [-0.39, 0.29) is 18.7 Å². The van der Waals surface area contributed by atoms with Crippen LogP contribution in [-0.2, 0) is 7.05 Å². The summed E-state index contributed by atoms with van der Waals surface area (Å²) in [5, 5.41) is 16.6. The van der Waals surface area contributed by atoms with Gasteiger partial charge in [0.2, 0.25) is 0 Å². The van der Waals surface area contributed by atoms with E-state index in [1.807, 2.05) is 39.4 Å². The van der Waals surface area contributed by atoms with Crippen LogP contribution in [0.2, 0.25) is 0 Å². The van der Waals surface area contributed by atoms with Gasteiger partial charge in [0.1, 0.15) is 0 Å². The Morgan fingerprint density at radius 1 is 1.38 bits per heavy atom. The van der Waals surface area contributed by atoms with E-state index < -0.39 is 0 Å². The number of nitrogens with one attached hydrogen (secondary N) is 1. The Bertz CT molecular complexity index is 464. The second-order valence-electron chi connectivity index (χ2n) is 5.33. The minimum atomic E-state index is -0.125. The molecule has 0 fully saturated rings. The summed E-state index contributed by atoms with van der Waals surface area (Å²) in [6.07, 6.45) is 1.67. The molecule has 1 aromatic heterocycles. The maximum atomic E-state index is 12.4. The summed E-state index contributed by atoms with van der Waals surface area (Å²) in [7, 11) is 1.91. The van der Waals surface area contributed by atoms with Crippen molar-refractivity contribution < 1.29 is 9.90 Å². The molecule has 1 atom stereocenters. The Kier molecular flexibility index (Phi) is 6.68. The van der Waals surface area contributed by atoms with E-state index in [4.69, 9.17) is 5.11 Å². The number of nitrogens with zero attached hydrogens (tertiary/aromatic N) is 3. The minimum absolute atomic E-state index is 0.0187. The SMILES string of the molecule is CCCN(CCO)C(=O)NC(CC)c1c(C)nn(C)c1C. The lowest BCUT2D eigenvalue weighted by atomic mass is 10.0. The zero-order chi connectivity index (χ0) is 16.0. The zero-order valence-corrected chi connectivity index (χ0v) is 13.8. The van der Waals surface area contributed by atoms with Crippen LogP contribution in [0.5, 0.6) is 0 Å². The van der Waals surface area contributed by atoms with Crippen LogP contribution >= 0.6 is 0 Å². The van der Waals surface area contributed by atoms with Gasteiger partial charge in [-0.25, -0.2) is 4.79 Å². The number of rotatable bonds is 7. The summed E-state index contributed by atoms with van der Waals surface area (Å²) in [4.78, 5) is 14.0. The third kappa shape index (κ3) is 4.20. The average Bonchev–Trinajstić information content (AvgIpc) is 2.69. The van der Waals surface area contributed by atoms with Crippen molar-refractivity contribution in [3.63, 3.8) is 0 Å². The minimum Gasteiger partial charge on any atom is -0.395 e. The second kappa shape index (κ2) is 8.02. The van der Waals surface area contributed by atoms with Crippen molar-refractivity contribution in [1.82, 2.24) is 20.0 Å². The normalized spacial score (nSPS) is 12.3. The summed E-state index contributed by atoms with van der Waals surface area (Å²) in [6, 6.07) is -0.176. The molecule has 21 heavy (non-hydrogen) atoms. The largest absolute Gasteiger partial charge is 0.395 e.